The van der Waals surface area contributed by atoms with Gasteiger partial charge in [0.1, 0.15) is 5.82 Å². The fraction of sp³-hybridized carbons (Fsp3) is 0.500. The van der Waals surface area contributed by atoms with Gasteiger partial charge in [0.2, 0.25) is 0 Å². The summed E-state index contributed by atoms with van der Waals surface area (Å²) in [4.78, 5) is 12.5. The van der Waals surface area contributed by atoms with E-state index in [2.05, 4.69) is 5.32 Å². The number of benzene rings is 1. The molecule has 2 atom stereocenters. The molecule has 0 saturated carbocycles. The Labute approximate surface area is 117 Å². The normalized spacial score (nSPS) is 26.4. The molecule has 0 unspecified atom stereocenters. The minimum absolute atomic E-state index is 0.120. The first-order valence-electron chi connectivity index (χ1n) is 6.69. The van der Waals surface area contributed by atoms with Crippen LogP contribution in [0.3, 0.4) is 0 Å². The lowest BCUT2D eigenvalue weighted by Gasteiger charge is -2.45. The maximum absolute atomic E-state index is 13.2. The maximum Gasteiger partial charge on any atom is 0.407 e. The number of rotatable bonds is 3. The highest BCUT2D eigenvalue weighted by Gasteiger charge is 2.38. The van der Waals surface area contributed by atoms with Crippen molar-refractivity contribution < 1.29 is 14.3 Å². The first-order valence-corrected chi connectivity index (χ1v) is 6.69. The van der Waals surface area contributed by atoms with Gasteiger partial charge in [-0.2, -0.15) is 0 Å². The predicted molar refractivity (Wildman–Crippen MR) is 75.2 cm³/mol. The quantitative estimate of drug-likeness (QED) is 0.792. The molecule has 0 aliphatic carbocycles. The predicted octanol–water partition coefficient (Wildman–Crippen LogP) is 2.10. The third-order valence-corrected chi connectivity index (χ3v) is 3.92. The second-order valence-electron chi connectivity index (χ2n) is 5.40. The highest BCUT2D eigenvalue weighted by Crippen LogP contribution is 2.30. The van der Waals surface area contributed by atoms with E-state index in [1.807, 2.05) is 6.92 Å². The Balaban J connectivity index is 2.13. The number of nitrogens with zero attached hydrogens (tertiary/aromatic N) is 1. The van der Waals surface area contributed by atoms with Gasteiger partial charge in [-0.3, -0.25) is 0 Å². The number of amides is 1. The van der Waals surface area contributed by atoms with Crippen LogP contribution in [0.1, 0.15) is 19.8 Å². The number of likely N-dealkylation sites (tertiary alicyclic amines) is 1. The molecular formula is C14H20FN3O2. The van der Waals surface area contributed by atoms with Crippen molar-refractivity contribution in [2.24, 2.45) is 5.73 Å². The molecule has 2 rings (SSSR count). The van der Waals surface area contributed by atoms with Crippen molar-refractivity contribution in [3.8, 4) is 0 Å². The van der Waals surface area contributed by atoms with Crippen molar-refractivity contribution in [2.75, 3.05) is 18.4 Å². The maximum atomic E-state index is 13.2. The molecule has 1 saturated heterocycles. The van der Waals surface area contributed by atoms with Crippen LogP contribution in [-0.2, 0) is 0 Å². The van der Waals surface area contributed by atoms with Crippen LogP contribution in [0.25, 0.3) is 0 Å². The molecule has 1 heterocycles. The van der Waals surface area contributed by atoms with Crippen LogP contribution in [0, 0.1) is 5.82 Å². The van der Waals surface area contributed by atoms with E-state index in [9.17, 15) is 9.18 Å². The average Bonchev–Trinajstić information content (AvgIpc) is 2.38. The molecule has 0 aromatic heterocycles. The van der Waals surface area contributed by atoms with Crippen molar-refractivity contribution in [3.05, 3.63) is 30.1 Å². The van der Waals surface area contributed by atoms with E-state index in [-0.39, 0.29) is 17.4 Å². The third kappa shape index (κ3) is 3.01. The molecule has 0 spiro atoms. The summed E-state index contributed by atoms with van der Waals surface area (Å²) in [5.74, 6) is -0.307. The fourth-order valence-corrected chi connectivity index (χ4v) is 2.84. The number of piperidine rings is 1. The number of hydrogen-bond donors (Lipinski definition) is 3. The second-order valence-corrected chi connectivity index (χ2v) is 5.40. The molecule has 1 aromatic rings. The number of halogens is 1. The van der Waals surface area contributed by atoms with E-state index in [1.54, 1.807) is 12.1 Å². The SMILES string of the molecule is C[C@H]1C[C@](CN)(Nc2cccc(F)c2)CCN1C(=O)O. The molecule has 5 nitrogen and oxygen atoms in total. The summed E-state index contributed by atoms with van der Waals surface area (Å²) < 4.78 is 13.2. The van der Waals surface area contributed by atoms with Crippen molar-refractivity contribution in [2.45, 2.75) is 31.3 Å². The zero-order valence-electron chi connectivity index (χ0n) is 11.5. The monoisotopic (exact) mass is 281 g/mol. The molecule has 1 aliphatic heterocycles. The molecule has 20 heavy (non-hydrogen) atoms. The summed E-state index contributed by atoms with van der Waals surface area (Å²) in [6.07, 6.45) is 0.303. The Bertz CT molecular complexity index is 497. The van der Waals surface area contributed by atoms with Crippen molar-refractivity contribution in [1.82, 2.24) is 4.90 Å². The smallest absolute Gasteiger partial charge is 0.407 e. The second kappa shape index (κ2) is 5.66. The van der Waals surface area contributed by atoms with E-state index in [1.165, 1.54) is 17.0 Å². The van der Waals surface area contributed by atoms with E-state index in [0.29, 0.717) is 31.6 Å². The number of nitrogens with one attached hydrogen (secondary N) is 1. The van der Waals surface area contributed by atoms with Gasteiger partial charge in [-0.15, -0.1) is 0 Å². The molecule has 1 aromatic carbocycles. The fourth-order valence-electron chi connectivity index (χ4n) is 2.84. The zero-order chi connectivity index (χ0) is 14.8. The molecule has 1 amide bonds. The number of nitrogens with two attached hydrogens (primary N) is 1. The molecule has 110 valence electrons. The zero-order valence-corrected chi connectivity index (χ0v) is 11.5. The Morgan fingerprint density at radius 3 is 2.95 bits per heavy atom. The van der Waals surface area contributed by atoms with E-state index >= 15 is 0 Å². The van der Waals surface area contributed by atoms with Crippen molar-refractivity contribution in [3.63, 3.8) is 0 Å². The number of carbonyl (C=O) groups is 1. The van der Waals surface area contributed by atoms with E-state index < -0.39 is 6.09 Å². The molecule has 4 N–H and O–H groups in total. The first kappa shape index (κ1) is 14.6. The highest BCUT2D eigenvalue weighted by atomic mass is 19.1. The minimum atomic E-state index is -0.908. The molecular weight excluding hydrogens is 261 g/mol. The van der Waals surface area contributed by atoms with Crippen LogP contribution in [0.4, 0.5) is 14.9 Å². The standard InChI is InChI=1S/C14H20FN3O2/c1-10-8-14(9-16,5-6-18(10)13(19)20)17-12-4-2-3-11(15)7-12/h2-4,7,10,17H,5-6,8-9,16H2,1H3,(H,19,20)/t10-,14+/m0/s1. The van der Waals surface area contributed by atoms with E-state index in [0.717, 1.165) is 0 Å². The first-order chi connectivity index (χ1) is 9.46. The Kier molecular flexibility index (Phi) is 4.13. The van der Waals surface area contributed by atoms with E-state index in [4.69, 9.17) is 10.8 Å². The summed E-state index contributed by atoms with van der Waals surface area (Å²) in [6, 6.07) is 6.11. The number of carboxylic acid groups (broad SMARTS) is 1. The summed E-state index contributed by atoms with van der Waals surface area (Å²) >= 11 is 0. The summed E-state index contributed by atoms with van der Waals surface area (Å²) in [6.45, 7) is 2.67. The number of hydrogen-bond acceptors (Lipinski definition) is 3. The van der Waals surface area contributed by atoms with Gasteiger partial charge >= 0.3 is 6.09 Å². The van der Waals surface area contributed by atoms with Crippen LogP contribution < -0.4 is 11.1 Å². The lowest BCUT2D eigenvalue weighted by atomic mass is 9.83. The summed E-state index contributed by atoms with van der Waals surface area (Å²) in [7, 11) is 0. The molecule has 1 fully saturated rings. The van der Waals surface area contributed by atoms with Crippen LogP contribution in [0.5, 0.6) is 0 Å². The van der Waals surface area contributed by atoms with Gasteiger partial charge in [0.05, 0.1) is 5.54 Å². The number of anilines is 1. The largest absolute Gasteiger partial charge is 0.465 e. The van der Waals surface area contributed by atoms with Gasteiger partial charge in [-0.05, 0) is 38.0 Å². The van der Waals surface area contributed by atoms with Gasteiger partial charge in [-0.1, -0.05) is 6.07 Å². The van der Waals surface area contributed by atoms with Gasteiger partial charge in [0.15, 0.2) is 0 Å². The van der Waals surface area contributed by atoms with Crippen LogP contribution in [0.2, 0.25) is 0 Å². The Morgan fingerprint density at radius 1 is 1.65 bits per heavy atom. The molecule has 6 heteroatoms. The molecule has 0 radical (unpaired) electrons. The Hall–Kier alpha value is -1.82. The van der Waals surface area contributed by atoms with Crippen molar-refractivity contribution >= 4 is 11.8 Å². The average molecular weight is 281 g/mol. The van der Waals surface area contributed by atoms with Gasteiger partial charge in [0.25, 0.3) is 0 Å². The lowest BCUT2D eigenvalue weighted by Crippen LogP contribution is -2.57. The molecule has 1 aliphatic rings. The van der Waals surface area contributed by atoms with Gasteiger partial charge in [-0.25, -0.2) is 9.18 Å². The topological polar surface area (TPSA) is 78.6 Å². The van der Waals surface area contributed by atoms with Gasteiger partial charge < -0.3 is 21.1 Å². The lowest BCUT2D eigenvalue weighted by molar-refractivity contribution is 0.0936. The third-order valence-electron chi connectivity index (χ3n) is 3.92. The Morgan fingerprint density at radius 2 is 2.40 bits per heavy atom. The summed E-state index contributed by atoms with van der Waals surface area (Å²) in [5, 5.41) is 12.4. The van der Waals surface area contributed by atoms with Gasteiger partial charge in [0, 0.05) is 24.8 Å². The van der Waals surface area contributed by atoms with Crippen LogP contribution in [0.15, 0.2) is 24.3 Å². The molecule has 0 bridgehead atoms. The highest BCUT2D eigenvalue weighted by molar-refractivity contribution is 5.65. The van der Waals surface area contributed by atoms with Crippen molar-refractivity contribution in [1.29, 1.82) is 0 Å². The van der Waals surface area contributed by atoms with Crippen LogP contribution >= 0.6 is 0 Å². The minimum Gasteiger partial charge on any atom is -0.465 e. The summed E-state index contributed by atoms with van der Waals surface area (Å²) in [5.41, 5.74) is 6.17. The van der Waals surface area contributed by atoms with Crippen LogP contribution in [-0.4, -0.2) is 40.8 Å².